The van der Waals surface area contributed by atoms with Crippen molar-refractivity contribution in [3.05, 3.63) is 36.2 Å². The van der Waals surface area contributed by atoms with Gasteiger partial charge in [-0.05, 0) is 24.1 Å². The van der Waals surface area contributed by atoms with Crippen LogP contribution in [0, 0.1) is 0 Å². The van der Waals surface area contributed by atoms with Crippen molar-refractivity contribution in [2.24, 2.45) is 0 Å². The summed E-state index contributed by atoms with van der Waals surface area (Å²) in [6, 6.07) is 7.48. The van der Waals surface area contributed by atoms with Gasteiger partial charge in [-0.25, -0.2) is 16.0 Å². The van der Waals surface area contributed by atoms with E-state index < -0.39 is 0 Å². The maximum atomic E-state index is 12.1. The van der Waals surface area contributed by atoms with E-state index in [1.54, 1.807) is 7.11 Å². The minimum absolute atomic E-state index is 0.0468. The van der Waals surface area contributed by atoms with Gasteiger partial charge in [0.25, 0.3) is 0 Å². The smallest absolute Gasteiger partial charge is 0.245 e. The zero-order chi connectivity index (χ0) is 14.7. The van der Waals surface area contributed by atoms with Crippen molar-refractivity contribution >= 4 is 11.9 Å². The fraction of sp³-hybridized carbons (Fsp3) is 0.308. The molecule has 1 amide bonds. The van der Waals surface area contributed by atoms with E-state index in [0.29, 0.717) is 12.4 Å². The number of carbonyl (C=O) groups is 1. The fourth-order valence-corrected chi connectivity index (χ4v) is 2.27. The number of hydrazine groups is 1. The second-order valence-corrected chi connectivity index (χ2v) is 4.73. The number of amides is 1. The molecule has 0 radical (unpaired) electrons. The van der Waals surface area contributed by atoms with Crippen molar-refractivity contribution in [1.82, 2.24) is 26.0 Å². The van der Waals surface area contributed by atoms with Crippen molar-refractivity contribution in [2.45, 2.75) is 18.5 Å². The number of aromatic amines is 1. The molecule has 2 atom stereocenters. The Morgan fingerprint density at radius 2 is 2.33 bits per heavy atom. The first-order chi connectivity index (χ1) is 10.3. The van der Waals surface area contributed by atoms with Crippen molar-refractivity contribution in [3.63, 3.8) is 0 Å². The van der Waals surface area contributed by atoms with Gasteiger partial charge in [0.15, 0.2) is 0 Å². The van der Waals surface area contributed by atoms with Crippen molar-refractivity contribution in [3.8, 4) is 5.75 Å². The van der Waals surface area contributed by atoms with Crippen molar-refractivity contribution < 1.29 is 9.53 Å². The second-order valence-electron chi connectivity index (χ2n) is 4.73. The van der Waals surface area contributed by atoms with Gasteiger partial charge in [-0.3, -0.25) is 10.1 Å². The first-order valence-corrected chi connectivity index (χ1v) is 6.57. The number of ether oxygens (including phenoxy) is 1. The quantitative estimate of drug-likeness (QED) is 0.647. The van der Waals surface area contributed by atoms with Crippen LogP contribution in [0.25, 0.3) is 0 Å². The molecule has 0 spiro atoms. The SMILES string of the molecule is COc1cccc(C2CC(C(=O)Nc3ncn[nH]3)NN2)c1. The maximum Gasteiger partial charge on any atom is 0.245 e. The van der Waals surface area contributed by atoms with Gasteiger partial charge in [0.2, 0.25) is 11.9 Å². The van der Waals surface area contributed by atoms with Gasteiger partial charge in [0.1, 0.15) is 18.1 Å². The van der Waals surface area contributed by atoms with E-state index in [9.17, 15) is 4.79 Å². The number of aromatic nitrogens is 3. The lowest BCUT2D eigenvalue weighted by atomic mass is 10.0. The molecule has 1 aromatic heterocycles. The van der Waals surface area contributed by atoms with E-state index in [4.69, 9.17) is 4.74 Å². The summed E-state index contributed by atoms with van der Waals surface area (Å²) in [5.41, 5.74) is 7.18. The highest BCUT2D eigenvalue weighted by atomic mass is 16.5. The first-order valence-electron chi connectivity index (χ1n) is 6.57. The van der Waals surface area contributed by atoms with Gasteiger partial charge >= 0.3 is 0 Å². The summed E-state index contributed by atoms with van der Waals surface area (Å²) in [4.78, 5) is 16.0. The lowest BCUT2D eigenvalue weighted by Crippen LogP contribution is -2.39. The van der Waals surface area contributed by atoms with Gasteiger partial charge < -0.3 is 4.74 Å². The number of hydrogen-bond acceptors (Lipinski definition) is 6. The van der Waals surface area contributed by atoms with Crippen LogP contribution in [0.15, 0.2) is 30.6 Å². The molecule has 4 N–H and O–H groups in total. The summed E-state index contributed by atoms with van der Waals surface area (Å²) in [5, 5.41) is 8.94. The second kappa shape index (κ2) is 5.90. The van der Waals surface area contributed by atoms with Gasteiger partial charge in [-0.15, -0.1) is 0 Å². The number of nitrogens with one attached hydrogen (secondary N) is 4. The van der Waals surface area contributed by atoms with Crippen LogP contribution >= 0.6 is 0 Å². The highest BCUT2D eigenvalue weighted by Gasteiger charge is 2.30. The highest BCUT2D eigenvalue weighted by molar-refractivity contribution is 5.93. The Morgan fingerprint density at radius 3 is 3.10 bits per heavy atom. The van der Waals surface area contributed by atoms with E-state index >= 15 is 0 Å². The molecule has 0 saturated carbocycles. The summed E-state index contributed by atoms with van der Waals surface area (Å²) in [6.45, 7) is 0. The minimum Gasteiger partial charge on any atom is -0.497 e. The number of hydrogen-bond donors (Lipinski definition) is 4. The fourth-order valence-electron chi connectivity index (χ4n) is 2.27. The molecule has 1 aliphatic heterocycles. The van der Waals surface area contributed by atoms with E-state index in [1.165, 1.54) is 6.33 Å². The Morgan fingerprint density at radius 1 is 1.43 bits per heavy atom. The van der Waals surface area contributed by atoms with Crippen LogP contribution in [0.2, 0.25) is 0 Å². The van der Waals surface area contributed by atoms with Crippen molar-refractivity contribution in [2.75, 3.05) is 12.4 Å². The molecule has 110 valence electrons. The molecule has 1 aliphatic rings. The predicted molar refractivity (Wildman–Crippen MR) is 75.4 cm³/mol. The summed E-state index contributed by atoms with van der Waals surface area (Å²) in [5.74, 6) is 0.972. The van der Waals surface area contributed by atoms with Crippen LogP contribution in [0.1, 0.15) is 18.0 Å². The summed E-state index contributed by atoms with van der Waals surface area (Å²) in [6.07, 6.45) is 1.97. The Balaban J connectivity index is 1.63. The normalized spacial score (nSPS) is 21.2. The molecule has 1 fully saturated rings. The van der Waals surface area contributed by atoms with Gasteiger partial charge in [0, 0.05) is 6.04 Å². The standard InChI is InChI=1S/C13H16N6O2/c1-21-9-4-2-3-8(5-9)10-6-11(18-17-10)12(20)16-13-14-7-15-19-13/h2-5,7,10-11,17-18H,6H2,1H3,(H2,14,15,16,19,20). The molecule has 2 heterocycles. The topological polar surface area (TPSA) is 104 Å². The molecule has 0 aliphatic carbocycles. The van der Waals surface area contributed by atoms with Crippen LogP contribution in [0.5, 0.6) is 5.75 Å². The maximum absolute atomic E-state index is 12.1. The van der Waals surface area contributed by atoms with Crippen LogP contribution < -0.4 is 20.9 Å². The average molecular weight is 288 g/mol. The molecule has 1 saturated heterocycles. The van der Waals surface area contributed by atoms with Crippen LogP contribution in [0.4, 0.5) is 5.95 Å². The largest absolute Gasteiger partial charge is 0.497 e. The third-order valence-corrected chi connectivity index (χ3v) is 3.37. The van der Waals surface area contributed by atoms with Crippen LogP contribution in [-0.4, -0.2) is 34.2 Å². The number of nitrogens with zero attached hydrogens (tertiary/aromatic N) is 2. The average Bonchev–Trinajstić information content (AvgIpc) is 3.18. The monoisotopic (exact) mass is 288 g/mol. The first kappa shape index (κ1) is 13.5. The molecule has 8 heteroatoms. The number of methoxy groups -OCH3 is 1. The number of carbonyl (C=O) groups excluding carboxylic acids is 1. The summed E-state index contributed by atoms with van der Waals surface area (Å²) >= 11 is 0. The molecule has 2 aromatic rings. The third kappa shape index (κ3) is 3.01. The van der Waals surface area contributed by atoms with E-state index in [1.807, 2.05) is 24.3 Å². The molecular formula is C13H16N6O2. The minimum atomic E-state index is -0.341. The zero-order valence-corrected chi connectivity index (χ0v) is 11.5. The lowest BCUT2D eigenvalue weighted by molar-refractivity contribution is -0.117. The third-order valence-electron chi connectivity index (χ3n) is 3.37. The van der Waals surface area contributed by atoms with E-state index in [0.717, 1.165) is 11.3 Å². The molecule has 1 aromatic carbocycles. The Kier molecular flexibility index (Phi) is 3.80. The Hall–Kier alpha value is -2.45. The zero-order valence-electron chi connectivity index (χ0n) is 11.5. The van der Waals surface area contributed by atoms with Crippen LogP contribution in [-0.2, 0) is 4.79 Å². The molecular weight excluding hydrogens is 272 g/mol. The van der Waals surface area contributed by atoms with E-state index in [2.05, 4.69) is 31.3 Å². The predicted octanol–water partition coefficient (Wildman–Crippen LogP) is 0.360. The molecule has 2 unspecified atom stereocenters. The van der Waals surface area contributed by atoms with E-state index in [-0.39, 0.29) is 18.0 Å². The van der Waals surface area contributed by atoms with Crippen LogP contribution in [0.3, 0.4) is 0 Å². The number of anilines is 1. The molecule has 21 heavy (non-hydrogen) atoms. The summed E-state index contributed by atoms with van der Waals surface area (Å²) < 4.78 is 5.21. The highest BCUT2D eigenvalue weighted by Crippen LogP contribution is 2.25. The van der Waals surface area contributed by atoms with Crippen molar-refractivity contribution in [1.29, 1.82) is 0 Å². The number of H-pyrrole nitrogens is 1. The molecule has 0 bridgehead atoms. The lowest BCUT2D eigenvalue weighted by Gasteiger charge is -2.11. The molecule has 3 rings (SSSR count). The molecule has 8 nitrogen and oxygen atoms in total. The van der Waals surface area contributed by atoms with Gasteiger partial charge in [-0.2, -0.15) is 10.1 Å². The van der Waals surface area contributed by atoms with Gasteiger partial charge in [-0.1, -0.05) is 12.1 Å². The van der Waals surface area contributed by atoms with Gasteiger partial charge in [0.05, 0.1) is 7.11 Å². The number of benzene rings is 1. The Labute approximate surface area is 121 Å². The summed E-state index contributed by atoms with van der Waals surface area (Å²) in [7, 11) is 1.63. The number of rotatable bonds is 4. The Bertz CT molecular complexity index is 615.